The number of carbonyl (C=O) groups excluding carboxylic acids is 2. The predicted molar refractivity (Wildman–Crippen MR) is 140 cm³/mol. The lowest BCUT2D eigenvalue weighted by molar-refractivity contribution is -0.140. The van der Waals surface area contributed by atoms with Crippen LogP contribution < -0.4 is 14.4 Å². The van der Waals surface area contributed by atoms with E-state index in [2.05, 4.69) is 5.32 Å². The number of methoxy groups -OCH3 is 1. The molecule has 35 heavy (non-hydrogen) atoms. The maximum atomic E-state index is 13.7. The largest absolute Gasteiger partial charge is 0.495 e. The number of hydrogen-bond acceptors (Lipinski definition) is 5. The fourth-order valence-electron chi connectivity index (χ4n) is 3.55. The van der Waals surface area contributed by atoms with Crippen LogP contribution in [0.15, 0.2) is 42.5 Å². The van der Waals surface area contributed by atoms with Crippen molar-refractivity contribution in [3.8, 4) is 5.75 Å². The monoisotopic (exact) mass is 543 g/mol. The number of halogens is 2. The van der Waals surface area contributed by atoms with Crippen molar-refractivity contribution in [3.05, 3.63) is 58.1 Å². The number of benzene rings is 2. The lowest BCUT2D eigenvalue weighted by Gasteiger charge is -2.33. The normalized spacial score (nSPS) is 12.1. The minimum atomic E-state index is -3.87. The molecule has 1 atom stereocenters. The summed E-state index contributed by atoms with van der Waals surface area (Å²) in [5.41, 5.74) is 0.799. The highest BCUT2D eigenvalue weighted by atomic mass is 35.5. The SMILES string of the molecule is CCCNC(=O)[C@@H](CC)N(Cc1ccc(Cl)cc1Cl)C(=O)CN(c1ccccc1OC)S(C)(=O)=O. The zero-order valence-corrected chi connectivity index (χ0v) is 22.6. The summed E-state index contributed by atoms with van der Waals surface area (Å²) in [7, 11) is -2.45. The molecule has 0 aliphatic rings. The summed E-state index contributed by atoms with van der Waals surface area (Å²) < 4.78 is 31.7. The maximum Gasteiger partial charge on any atom is 0.244 e. The minimum absolute atomic E-state index is 0.00356. The molecule has 8 nitrogen and oxygen atoms in total. The van der Waals surface area contributed by atoms with E-state index < -0.39 is 28.5 Å². The molecule has 0 unspecified atom stereocenters. The van der Waals surface area contributed by atoms with Gasteiger partial charge < -0.3 is 15.0 Å². The van der Waals surface area contributed by atoms with Crippen LogP contribution in [0.4, 0.5) is 5.69 Å². The number of para-hydroxylation sites is 2. The molecule has 0 spiro atoms. The second-order valence-electron chi connectivity index (χ2n) is 7.91. The molecule has 1 N–H and O–H groups in total. The second-order valence-corrected chi connectivity index (χ2v) is 10.7. The predicted octanol–water partition coefficient (Wildman–Crippen LogP) is 4.10. The molecular formula is C24H31Cl2N3O5S. The van der Waals surface area contributed by atoms with Gasteiger partial charge in [-0.15, -0.1) is 0 Å². The van der Waals surface area contributed by atoms with E-state index in [0.29, 0.717) is 34.3 Å². The van der Waals surface area contributed by atoms with Gasteiger partial charge in [-0.05, 0) is 42.7 Å². The average molecular weight is 545 g/mol. The first-order valence-electron chi connectivity index (χ1n) is 11.1. The van der Waals surface area contributed by atoms with Crippen LogP contribution in [0.2, 0.25) is 10.0 Å². The summed E-state index contributed by atoms with van der Waals surface area (Å²) in [4.78, 5) is 28.0. The van der Waals surface area contributed by atoms with Crippen molar-refractivity contribution in [3.63, 3.8) is 0 Å². The molecule has 192 valence electrons. The smallest absolute Gasteiger partial charge is 0.244 e. The highest BCUT2D eigenvalue weighted by Gasteiger charge is 2.32. The Balaban J connectivity index is 2.49. The first kappa shape index (κ1) is 28.7. The summed E-state index contributed by atoms with van der Waals surface area (Å²) in [5, 5.41) is 3.59. The number of nitrogens with one attached hydrogen (secondary N) is 1. The number of hydrogen-bond donors (Lipinski definition) is 1. The van der Waals surface area contributed by atoms with Crippen LogP contribution >= 0.6 is 23.2 Å². The Morgan fingerprint density at radius 2 is 1.80 bits per heavy atom. The van der Waals surface area contributed by atoms with Crippen LogP contribution in [0.5, 0.6) is 5.75 Å². The summed E-state index contributed by atoms with van der Waals surface area (Å²) in [6, 6.07) is 10.5. The highest BCUT2D eigenvalue weighted by Crippen LogP contribution is 2.30. The van der Waals surface area contributed by atoms with Crippen LogP contribution in [0.1, 0.15) is 32.3 Å². The van der Waals surface area contributed by atoms with Crippen molar-refractivity contribution in [1.82, 2.24) is 10.2 Å². The minimum Gasteiger partial charge on any atom is -0.495 e. The Morgan fingerprint density at radius 1 is 1.11 bits per heavy atom. The quantitative estimate of drug-likeness (QED) is 0.434. The molecule has 0 aliphatic heterocycles. The van der Waals surface area contributed by atoms with Crippen LogP contribution in [0.25, 0.3) is 0 Å². The van der Waals surface area contributed by atoms with E-state index in [1.165, 1.54) is 12.0 Å². The van der Waals surface area contributed by atoms with Crippen molar-refractivity contribution in [2.45, 2.75) is 39.3 Å². The maximum absolute atomic E-state index is 13.7. The first-order chi connectivity index (χ1) is 16.5. The average Bonchev–Trinajstić information content (AvgIpc) is 2.81. The van der Waals surface area contributed by atoms with Crippen molar-refractivity contribution >= 4 is 50.7 Å². The Bertz CT molecular complexity index is 1140. The third kappa shape index (κ3) is 7.75. The number of sulfonamides is 1. The van der Waals surface area contributed by atoms with E-state index in [1.807, 2.05) is 6.92 Å². The third-order valence-electron chi connectivity index (χ3n) is 5.32. The van der Waals surface area contributed by atoms with Crippen LogP contribution in [-0.2, 0) is 26.2 Å². The number of rotatable bonds is 12. The van der Waals surface area contributed by atoms with Gasteiger partial charge in [-0.3, -0.25) is 13.9 Å². The van der Waals surface area contributed by atoms with E-state index in [-0.39, 0.29) is 18.1 Å². The molecule has 0 saturated carbocycles. The molecule has 0 fully saturated rings. The summed E-state index contributed by atoms with van der Waals surface area (Å²) in [6.45, 7) is 3.64. The molecule has 0 bridgehead atoms. The van der Waals surface area contributed by atoms with Gasteiger partial charge in [-0.2, -0.15) is 0 Å². The van der Waals surface area contributed by atoms with Crippen LogP contribution in [0.3, 0.4) is 0 Å². The highest BCUT2D eigenvalue weighted by molar-refractivity contribution is 7.92. The van der Waals surface area contributed by atoms with Gasteiger partial charge in [0.25, 0.3) is 0 Å². The number of amides is 2. The Kier molecular flexibility index (Phi) is 10.7. The van der Waals surface area contributed by atoms with Gasteiger partial charge >= 0.3 is 0 Å². The number of anilines is 1. The van der Waals surface area contributed by atoms with Gasteiger partial charge in [0, 0.05) is 23.1 Å². The third-order valence-corrected chi connectivity index (χ3v) is 7.04. The molecule has 0 radical (unpaired) electrons. The lowest BCUT2D eigenvalue weighted by Crippen LogP contribution is -2.52. The molecule has 2 aromatic rings. The molecule has 2 aromatic carbocycles. The van der Waals surface area contributed by atoms with Gasteiger partial charge in [0.15, 0.2) is 0 Å². The second kappa shape index (κ2) is 13.0. The Hall–Kier alpha value is -2.49. The van der Waals surface area contributed by atoms with Gasteiger partial charge in [-0.1, -0.05) is 55.2 Å². The molecule has 2 rings (SSSR count). The van der Waals surface area contributed by atoms with Crippen molar-refractivity contribution in [2.24, 2.45) is 0 Å². The fraction of sp³-hybridized carbons (Fsp3) is 0.417. The summed E-state index contributed by atoms with van der Waals surface area (Å²) >= 11 is 12.4. The zero-order chi connectivity index (χ0) is 26.2. The molecule has 0 heterocycles. The van der Waals surface area contributed by atoms with E-state index in [4.69, 9.17) is 27.9 Å². The van der Waals surface area contributed by atoms with Crippen LogP contribution in [0, 0.1) is 0 Å². The van der Waals surface area contributed by atoms with Crippen molar-refractivity contribution in [2.75, 3.05) is 30.8 Å². The Morgan fingerprint density at radius 3 is 2.37 bits per heavy atom. The van der Waals surface area contributed by atoms with Gasteiger partial charge in [0.05, 0.1) is 19.1 Å². The molecule has 0 saturated heterocycles. The number of carbonyl (C=O) groups is 2. The van der Waals surface area contributed by atoms with Gasteiger partial charge in [0.1, 0.15) is 18.3 Å². The summed E-state index contributed by atoms with van der Waals surface area (Å²) in [5.74, 6) is -0.590. The molecule has 0 aliphatic carbocycles. The molecule has 11 heteroatoms. The number of nitrogens with zero attached hydrogens (tertiary/aromatic N) is 2. The molecule has 0 aromatic heterocycles. The lowest BCUT2D eigenvalue weighted by atomic mass is 10.1. The van der Waals surface area contributed by atoms with E-state index in [9.17, 15) is 18.0 Å². The Labute approximate surface area is 217 Å². The first-order valence-corrected chi connectivity index (χ1v) is 13.8. The van der Waals surface area contributed by atoms with Gasteiger partial charge in [0.2, 0.25) is 21.8 Å². The van der Waals surface area contributed by atoms with Gasteiger partial charge in [-0.25, -0.2) is 8.42 Å². The van der Waals surface area contributed by atoms with E-state index in [0.717, 1.165) is 17.0 Å². The summed E-state index contributed by atoms with van der Waals surface area (Å²) in [6.07, 6.45) is 2.06. The van der Waals surface area contributed by atoms with E-state index in [1.54, 1.807) is 49.4 Å². The van der Waals surface area contributed by atoms with Crippen molar-refractivity contribution in [1.29, 1.82) is 0 Å². The van der Waals surface area contributed by atoms with E-state index >= 15 is 0 Å². The standard InChI is InChI=1S/C24H31Cl2N3O5S/c1-5-13-27-24(31)20(6-2)28(15-17-11-12-18(25)14-19(17)26)23(30)16-29(35(4,32)33)21-9-7-8-10-22(21)34-3/h7-12,14,20H,5-6,13,15-16H2,1-4H3,(H,27,31)/t20-/m1/s1. The topological polar surface area (TPSA) is 96.0 Å². The zero-order valence-electron chi connectivity index (χ0n) is 20.3. The fourth-order valence-corrected chi connectivity index (χ4v) is 4.87. The number of ether oxygens (including phenoxy) is 1. The van der Waals surface area contributed by atoms with Crippen LogP contribution in [-0.4, -0.2) is 57.6 Å². The molecule has 2 amide bonds. The molecular weight excluding hydrogens is 513 g/mol. The van der Waals surface area contributed by atoms with Crippen molar-refractivity contribution < 1.29 is 22.7 Å².